The molecule has 0 atom stereocenters. The molecule has 0 unspecified atom stereocenters. The predicted molar refractivity (Wildman–Crippen MR) is 83.6 cm³/mol. The average Bonchev–Trinajstić information content (AvgIpc) is 2.59. The van der Waals surface area contributed by atoms with Gasteiger partial charge < -0.3 is 4.74 Å². The fourth-order valence-electron chi connectivity index (χ4n) is 3.14. The minimum atomic E-state index is -4.48. The second-order valence-electron chi connectivity index (χ2n) is 6.28. The van der Waals surface area contributed by atoms with E-state index in [1.54, 1.807) is 0 Å². The van der Waals surface area contributed by atoms with Gasteiger partial charge in [-0.15, -0.1) is 0 Å². The predicted octanol–water partition coefficient (Wildman–Crippen LogP) is 5.40. The maximum Gasteiger partial charge on any atom is 0.416 e. The molecule has 0 radical (unpaired) electrons. The van der Waals surface area contributed by atoms with Gasteiger partial charge in [0, 0.05) is 18.4 Å². The van der Waals surface area contributed by atoms with E-state index in [4.69, 9.17) is 4.74 Å². The van der Waals surface area contributed by atoms with Gasteiger partial charge in [-0.05, 0) is 55.3 Å². The number of rotatable bonds is 3. The Hall–Kier alpha value is -2.44. The van der Waals surface area contributed by atoms with E-state index >= 15 is 0 Å². The third-order valence-electron chi connectivity index (χ3n) is 4.53. The normalized spacial score (nSPS) is 17.2. The monoisotopic (exact) mass is 370 g/mol. The van der Waals surface area contributed by atoms with Crippen molar-refractivity contribution in [1.82, 2.24) is 0 Å². The Bertz CT molecular complexity index is 802. The second-order valence-corrected chi connectivity index (χ2v) is 6.28. The van der Waals surface area contributed by atoms with Crippen LogP contribution in [0.3, 0.4) is 0 Å². The Morgan fingerprint density at radius 1 is 0.923 bits per heavy atom. The van der Waals surface area contributed by atoms with Crippen LogP contribution in [0.15, 0.2) is 42.5 Å². The molecular weight excluding hydrogens is 355 g/mol. The average molecular weight is 370 g/mol. The maximum atomic E-state index is 14.3. The lowest BCUT2D eigenvalue weighted by Gasteiger charge is -2.38. The molecule has 0 heterocycles. The van der Waals surface area contributed by atoms with Crippen LogP contribution in [-0.2, 0) is 16.6 Å². The van der Waals surface area contributed by atoms with E-state index in [-0.39, 0.29) is 42.8 Å². The molecule has 2 aromatic carbocycles. The molecule has 2 aromatic rings. The largest absolute Gasteiger partial charge is 0.482 e. The van der Waals surface area contributed by atoms with Crippen LogP contribution in [0.5, 0.6) is 5.75 Å². The minimum absolute atomic E-state index is 0.0199. The van der Waals surface area contributed by atoms with Crippen LogP contribution >= 0.6 is 0 Å². The minimum Gasteiger partial charge on any atom is -0.482 e. The molecule has 3 rings (SSSR count). The van der Waals surface area contributed by atoms with Gasteiger partial charge in [-0.25, -0.2) is 8.78 Å². The summed E-state index contributed by atoms with van der Waals surface area (Å²) in [6, 6.07) is 6.95. The van der Waals surface area contributed by atoms with Gasteiger partial charge in [0.1, 0.15) is 28.8 Å². The van der Waals surface area contributed by atoms with Gasteiger partial charge in [0.2, 0.25) is 0 Å². The van der Waals surface area contributed by atoms with Crippen molar-refractivity contribution in [2.75, 3.05) is 0 Å². The molecule has 138 valence electrons. The smallest absolute Gasteiger partial charge is 0.416 e. The van der Waals surface area contributed by atoms with Crippen LogP contribution in [0.1, 0.15) is 36.8 Å². The van der Waals surface area contributed by atoms with Gasteiger partial charge >= 0.3 is 6.18 Å². The van der Waals surface area contributed by atoms with Crippen molar-refractivity contribution in [3.8, 4) is 5.75 Å². The lowest BCUT2D eigenvalue weighted by Crippen LogP contribution is -2.38. The van der Waals surface area contributed by atoms with Gasteiger partial charge in [-0.3, -0.25) is 4.79 Å². The van der Waals surface area contributed by atoms with Crippen molar-refractivity contribution < 1.29 is 31.5 Å². The van der Waals surface area contributed by atoms with Crippen molar-refractivity contribution in [2.45, 2.75) is 37.5 Å². The first-order valence-electron chi connectivity index (χ1n) is 8.03. The van der Waals surface area contributed by atoms with Crippen LogP contribution < -0.4 is 4.74 Å². The summed E-state index contributed by atoms with van der Waals surface area (Å²) in [5, 5.41) is 0. The summed E-state index contributed by atoms with van der Waals surface area (Å²) in [6.07, 6.45) is -4.00. The summed E-state index contributed by atoms with van der Waals surface area (Å²) in [5.41, 5.74) is -2.18. The van der Waals surface area contributed by atoms with E-state index in [1.165, 1.54) is 0 Å². The topological polar surface area (TPSA) is 26.3 Å². The molecule has 0 N–H and O–H groups in total. The Balaban J connectivity index is 1.97. The first-order valence-corrected chi connectivity index (χ1v) is 8.03. The molecule has 1 fully saturated rings. The number of hydrogen-bond donors (Lipinski definition) is 0. The van der Waals surface area contributed by atoms with Crippen LogP contribution in [0, 0.1) is 11.6 Å². The molecule has 0 saturated heterocycles. The van der Waals surface area contributed by atoms with Crippen molar-refractivity contribution in [2.24, 2.45) is 0 Å². The number of alkyl halides is 3. The van der Waals surface area contributed by atoms with Crippen molar-refractivity contribution >= 4 is 5.78 Å². The molecule has 1 aliphatic rings. The third-order valence-corrected chi connectivity index (χ3v) is 4.53. The number of hydrogen-bond acceptors (Lipinski definition) is 2. The highest BCUT2D eigenvalue weighted by Crippen LogP contribution is 2.42. The lowest BCUT2D eigenvalue weighted by molar-refractivity contribution is -0.137. The number of ketones is 1. The summed E-state index contributed by atoms with van der Waals surface area (Å²) < 4.78 is 71.9. The fourth-order valence-corrected chi connectivity index (χ4v) is 3.14. The number of ether oxygens (including phenoxy) is 1. The van der Waals surface area contributed by atoms with Crippen LogP contribution in [0.25, 0.3) is 0 Å². The van der Waals surface area contributed by atoms with E-state index in [0.29, 0.717) is 0 Å². The molecule has 7 heteroatoms. The Kier molecular flexibility index (Phi) is 4.73. The zero-order valence-electron chi connectivity index (χ0n) is 13.6. The van der Waals surface area contributed by atoms with Crippen LogP contribution in [0.2, 0.25) is 0 Å². The fraction of sp³-hybridized carbons (Fsp3) is 0.316. The molecule has 2 nitrogen and oxygen atoms in total. The SMILES string of the molecule is O=C1CCC(Oc2ccc(C(F)(F)F)cc2)(c2cc(F)ccc2F)CC1. The van der Waals surface area contributed by atoms with E-state index in [1.807, 2.05) is 0 Å². The molecule has 0 aliphatic heterocycles. The summed E-state index contributed by atoms with van der Waals surface area (Å²) in [6.45, 7) is 0. The maximum absolute atomic E-state index is 14.3. The first kappa shape index (κ1) is 18.4. The third kappa shape index (κ3) is 3.71. The molecule has 1 aliphatic carbocycles. The molecule has 0 amide bonds. The highest BCUT2D eigenvalue weighted by molar-refractivity contribution is 5.79. The Morgan fingerprint density at radius 2 is 1.54 bits per heavy atom. The highest BCUT2D eigenvalue weighted by Gasteiger charge is 2.41. The second kappa shape index (κ2) is 6.70. The Morgan fingerprint density at radius 3 is 2.12 bits per heavy atom. The number of carbonyl (C=O) groups is 1. The standard InChI is InChI=1S/C19H15F5O2/c20-13-3-6-17(21)16(11-13)18(9-7-14(25)8-10-18)26-15-4-1-12(2-5-15)19(22,23)24/h1-6,11H,7-10H2. The van der Waals surface area contributed by atoms with E-state index in [2.05, 4.69) is 0 Å². The van der Waals surface area contributed by atoms with E-state index in [0.717, 1.165) is 42.5 Å². The van der Waals surface area contributed by atoms with Crippen LogP contribution in [-0.4, -0.2) is 5.78 Å². The van der Waals surface area contributed by atoms with Crippen molar-refractivity contribution in [3.63, 3.8) is 0 Å². The summed E-state index contributed by atoms with van der Waals surface area (Å²) in [4.78, 5) is 11.6. The summed E-state index contributed by atoms with van der Waals surface area (Å²) in [7, 11) is 0. The Labute approximate surface area is 146 Å². The van der Waals surface area contributed by atoms with Gasteiger partial charge in [0.15, 0.2) is 0 Å². The van der Waals surface area contributed by atoms with Gasteiger partial charge in [-0.1, -0.05) is 0 Å². The molecule has 0 bridgehead atoms. The zero-order chi connectivity index (χ0) is 18.9. The molecule has 0 aromatic heterocycles. The van der Waals surface area contributed by atoms with Gasteiger partial charge in [-0.2, -0.15) is 13.2 Å². The molecule has 0 spiro atoms. The number of Topliss-reactive ketones (excluding diaryl/α,β-unsaturated/α-hetero) is 1. The molecular formula is C19H15F5O2. The molecule has 1 saturated carbocycles. The van der Waals surface area contributed by atoms with E-state index in [9.17, 15) is 26.7 Å². The highest BCUT2D eigenvalue weighted by atomic mass is 19.4. The van der Waals surface area contributed by atoms with Crippen molar-refractivity contribution in [1.29, 1.82) is 0 Å². The first-order chi connectivity index (χ1) is 12.2. The van der Waals surface area contributed by atoms with E-state index < -0.39 is 29.0 Å². The molecule has 26 heavy (non-hydrogen) atoms. The van der Waals surface area contributed by atoms with Gasteiger partial charge in [0.05, 0.1) is 5.56 Å². The lowest BCUT2D eigenvalue weighted by atomic mass is 9.78. The van der Waals surface area contributed by atoms with Crippen LogP contribution in [0.4, 0.5) is 22.0 Å². The summed E-state index contributed by atoms with van der Waals surface area (Å²) in [5.74, 6) is -1.27. The zero-order valence-corrected chi connectivity index (χ0v) is 13.6. The van der Waals surface area contributed by atoms with Crippen molar-refractivity contribution in [3.05, 3.63) is 65.2 Å². The van der Waals surface area contributed by atoms with Gasteiger partial charge in [0.25, 0.3) is 0 Å². The number of benzene rings is 2. The summed E-state index contributed by atoms with van der Waals surface area (Å²) >= 11 is 0. The number of halogens is 5. The number of carbonyl (C=O) groups excluding carboxylic acids is 1. The quantitative estimate of drug-likeness (QED) is 0.676.